The Balaban J connectivity index is 0.000000980. The molecular weight excluding hydrogens is 343 g/mol. The summed E-state index contributed by atoms with van der Waals surface area (Å²) >= 11 is -0.153. The van der Waals surface area contributed by atoms with Crippen molar-refractivity contribution in [1.29, 1.82) is 0 Å². The number of rotatable bonds is 2. The van der Waals surface area contributed by atoms with Gasteiger partial charge in [-0.15, -0.1) is 24.8 Å². The number of halogens is 2. The SMILES string of the molecule is Cl.Cl.c1ccc([Te]c2ccccc2)cc1. The first kappa shape index (κ1) is 14.8. The Kier molecular flexibility index (Phi) is 7.92. The molecule has 2 aromatic rings. The summed E-state index contributed by atoms with van der Waals surface area (Å²) in [7, 11) is 0. The van der Waals surface area contributed by atoms with Crippen LogP contribution in [0.15, 0.2) is 60.7 Å². The first-order valence-electron chi connectivity index (χ1n) is 4.23. The van der Waals surface area contributed by atoms with E-state index in [4.69, 9.17) is 0 Å². The third kappa shape index (κ3) is 4.91. The molecule has 0 saturated carbocycles. The minimum absolute atomic E-state index is 0. The van der Waals surface area contributed by atoms with Gasteiger partial charge in [0.15, 0.2) is 0 Å². The molecule has 0 spiro atoms. The van der Waals surface area contributed by atoms with Crippen LogP contribution in [0.4, 0.5) is 0 Å². The maximum atomic E-state index is 2.22. The van der Waals surface area contributed by atoms with Gasteiger partial charge in [-0.2, -0.15) is 0 Å². The van der Waals surface area contributed by atoms with E-state index in [0.29, 0.717) is 0 Å². The van der Waals surface area contributed by atoms with E-state index in [0.717, 1.165) is 0 Å². The summed E-state index contributed by atoms with van der Waals surface area (Å²) in [6.07, 6.45) is 0. The molecule has 15 heavy (non-hydrogen) atoms. The molecule has 2 rings (SSSR count). The fourth-order valence-electron chi connectivity index (χ4n) is 1.11. The average Bonchev–Trinajstić information content (AvgIpc) is 2.21. The fourth-order valence-corrected chi connectivity index (χ4v) is 3.56. The monoisotopic (exact) mass is 356 g/mol. The van der Waals surface area contributed by atoms with Crippen LogP contribution in [-0.4, -0.2) is 20.9 Å². The van der Waals surface area contributed by atoms with Crippen LogP contribution in [-0.2, 0) is 0 Å². The van der Waals surface area contributed by atoms with Crippen molar-refractivity contribution >= 4 is 53.0 Å². The van der Waals surface area contributed by atoms with Crippen LogP contribution in [0, 0.1) is 0 Å². The zero-order chi connectivity index (χ0) is 8.93. The van der Waals surface area contributed by atoms with Gasteiger partial charge in [0.1, 0.15) is 0 Å². The van der Waals surface area contributed by atoms with Crippen LogP contribution in [0.5, 0.6) is 0 Å². The Morgan fingerprint density at radius 3 is 1.20 bits per heavy atom. The first-order valence-corrected chi connectivity index (χ1v) is 6.56. The van der Waals surface area contributed by atoms with Crippen LogP contribution < -0.4 is 7.22 Å². The van der Waals surface area contributed by atoms with E-state index >= 15 is 0 Å². The zero-order valence-electron chi connectivity index (χ0n) is 8.00. The third-order valence-electron chi connectivity index (χ3n) is 1.72. The number of hydrogen-bond acceptors (Lipinski definition) is 0. The zero-order valence-corrected chi connectivity index (χ0v) is 12.0. The molecule has 80 valence electrons. The number of benzene rings is 2. The summed E-state index contributed by atoms with van der Waals surface area (Å²) in [5.41, 5.74) is 0. The van der Waals surface area contributed by atoms with Crippen molar-refractivity contribution in [3.05, 3.63) is 60.7 Å². The van der Waals surface area contributed by atoms with Crippen LogP contribution in [0.3, 0.4) is 0 Å². The van der Waals surface area contributed by atoms with Crippen molar-refractivity contribution < 1.29 is 0 Å². The van der Waals surface area contributed by atoms with Crippen molar-refractivity contribution in [1.82, 2.24) is 0 Å². The van der Waals surface area contributed by atoms with Crippen molar-refractivity contribution in [3.63, 3.8) is 0 Å². The second-order valence-corrected chi connectivity index (χ2v) is 6.00. The van der Waals surface area contributed by atoms with Gasteiger partial charge in [-0.05, 0) is 0 Å². The van der Waals surface area contributed by atoms with Crippen molar-refractivity contribution in [2.24, 2.45) is 0 Å². The summed E-state index contributed by atoms with van der Waals surface area (Å²) < 4.78 is 3.00. The molecular formula is C12H12Cl2Te. The van der Waals surface area contributed by atoms with E-state index in [1.54, 1.807) is 0 Å². The van der Waals surface area contributed by atoms with Crippen molar-refractivity contribution in [2.75, 3.05) is 0 Å². The Morgan fingerprint density at radius 1 is 0.533 bits per heavy atom. The second-order valence-electron chi connectivity index (χ2n) is 2.73. The molecule has 0 amide bonds. The minimum atomic E-state index is -0.153. The van der Waals surface area contributed by atoms with Crippen molar-refractivity contribution in [2.45, 2.75) is 0 Å². The van der Waals surface area contributed by atoms with Gasteiger partial charge in [0.05, 0.1) is 0 Å². The Bertz CT molecular complexity index is 324. The molecule has 2 aromatic carbocycles. The normalized spacial score (nSPS) is 8.53. The van der Waals surface area contributed by atoms with E-state index in [9.17, 15) is 0 Å². The fraction of sp³-hybridized carbons (Fsp3) is 0. The molecule has 0 aliphatic rings. The topological polar surface area (TPSA) is 0 Å². The standard InChI is InChI=1S/C12H10Te.2ClH/c1-3-7-11(8-4-1)13-12-9-5-2-6-10-12;;/h1-10H;2*1H. The van der Waals surface area contributed by atoms with Gasteiger partial charge in [0.25, 0.3) is 0 Å². The summed E-state index contributed by atoms with van der Waals surface area (Å²) in [6, 6.07) is 21.5. The Morgan fingerprint density at radius 2 is 0.867 bits per heavy atom. The van der Waals surface area contributed by atoms with Gasteiger partial charge < -0.3 is 0 Å². The summed E-state index contributed by atoms with van der Waals surface area (Å²) in [5, 5.41) is 0. The van der Waals surface area contributed by atoms with Gasteiger partial charge in [0, 0.05) is 0 Å². The van der Waals surface area contributed by atoms with Crippen LogP contribution >= 0.6 is 24.8 Å². The predicted octanol–water partition coefficient (Wildman–Crippen LogP) is 2.19. The van der Waals surface area contributed by atoms with Crippen molar-refractivity contribution in [3.8, 4) is 0 Å². The van der Waals surface area contributed by atoms with Crippen LogP contribution in [0.25, 0.3) is 0 Å². The van der Waals surface area contributed by atoms with E-state index in [1.807, 2.05) is 0 Å². The maximum absolute atomic E-state index is 2.22. The molecule has 0 aromatic heterocycles. The molecule has 0 N–H and O–H groups in total. The molecule has 0 aliphatic heterocycles. The predicted molar refractivity (Wildman–Crippen MR) is 72.4 cm³/mol. The quantitative estimate of drug-likeness (QED) is 0.725. The van der Waals surface area contributed by atoms with E-state index in [-0.39, 0.29) is 45.7 Å². The molecule has 0 nitrogen and oxygen atoms in total. The molecule has 0 bridgehead atoms. The molecule has 0 heterocycles. The summed E-state index contributed by atoms with van der Waals surface area (Å²) in [5.74, 6) is 0. The van der Waals surface area contributed by atoms with Gasteiger partial charge in [-0.1, -0.05) is 0 Å². The van der Waals surface area contributed by atoms with E-state index < -0.39 is 0 Å². The number of hydrogen-bond donors (Lipinski definition) is 0. The average molecular weight is 355 g/mol. The Hall–Kier alpha value is -0.190. The molecule has 0 fully saturated rings. The van der Waals surface area contributed by atoms with Gasteiger partial charge in [-0.3, -0.25) is 0 Å². The van der Waals surface area contributed by atoms with Gasteiger partial charge in [0.2, 0.25) is 0 Å². The Labute approximate surface area is 113 Å². The van der Waals surface area contributed by atoms with Gasteiger partial charge >= 0.3 is 88.8 Å². The molecule has 0 unspecified atom stereocenters. The molecule has 0 radical (unpaired) electrons. The molecule has 0 saturated heterocycles. The van der Waals surface area contributed by atoms with E-state index in [2.05, 4.69) is 60.7 Å². The van der Waals surface area contributed by atoms with Gasteiger partial charge in [-0.25, -0.2) is 0 Å². The second kappa shape index (κ2) is 8.02. The third-order valence-corrected chi connectivity index (χ3v) is 4.62. The molecule has 3 heteroatoms. The summed E-state index contributed by atoms with van der Waals surface area (Å²) in [6.45, 7) is 0. The van der Waals surface area contributed by atoms with Crippen LogP contribution in [0.2, 0.25) is 0 Å². The van der Waals surface area contributed by atoms with E-state index in [1.165, 1.54) is 7.22 Å². The first-order chi connectivity index (χ1) is 6.45. The molecule has 0 aliphatic carbocycles. The summed E-state index contributed by atoms with van der Waals surface area (Å²) in [4.78, 5) is 0. The van der Waals surface area contributed by atoms with Crippen LogP contribution in [0.1, 0.15) is 0 Å². The molecule has 0 atom stereocenters.